The van der Waals surface area contributed by atoms with Gasteiger partial charge in [0.1, 0.15) is 0 Å². The molecule has 0 bridgehead atoms. The molecule has 1 aliphatic rings. The molecule has 0 saturated carbocycles. The van der Waals surface area contributed by atoms with Gasteiger partial charge in [-0.3, -0.25) is 0 Å². The standard InChI is InChI=1S/C15H22ClNO/c1-11-8-13(16)4-5-14(11)17-9-12(10-18)6-7-15(17,2)3/h4-5,8,12,18H,6-7,9-10H2,1-3H3. The van der Waals surface area contributed by atoms with Crippen molar-refractivity contribution in [3.8, 4) is 0 Å². The zero-order valence-electron chi connectivity index (χ0n) is 11.4. The second kappa shape index (κ2) is 5.10. The van der Waals surface area contributed by atoms with Crippen molar-refractivity contribution in [2.75, 3.05) is 18.1 Å². The molecule has 0 aromatic heterocycles. The first-order chi connectivity index (χ1) is 8.44. The number of hydrogen-bond acceptors (Lipinski definition) is 2. The van der Waals surface area contributed by atoms with Crippen molar-refractivity contribution in [3.63, 3.8) is 0 Å². The van der Waals surface area contributed by atoms with Gasteiger partial charge in [-0.05, 0) is 63.3 Å². The summed E-state index contributed by atoms with van der Waals surface area (Å²) in [7, 11) is 0. The molecule has 0 spiro atoms. The first-order valence-electron chi connectivity index (χ1n) is 6.58. The van der Waals surface area contributed by atoms with Crippen molar-refractivity contribution >= 4 is 17.3 Å². The summed E-state index contributed by atoms with van der Waals surface area (Å²) in [6.07, 6.45) is 2.22. The largest absolute Gasteiger partial charge is 0.396 e. The first-order valence-corrected chi connectivity index (χ1v) is 6.96. The first kappa shape index (κ1) is 13.7. The Labute approximate surface area is 115 Å². The third-order valence-electron chi connectivity index (χ3n) is 4.04. The molecule has 0 radical (unpaired) electrons. The Bertz CT molecular complexity index is 431. The highest BCUT2D eigenvalue weighted by molar-refractivity contribution is 6.30. The number of anilines is 1. The van der Waals surface area contributed by atoms with Gasteiger partial charge < -0.3 is 10.0 Å². The van der Waals surface area contributed by atoms with E-state index in [1.54, 1.807) is 0 Å². The highest BCUT2D eigenvalue weighted by Gasteiger charge is 2.34. The van der Waals surface area contributed by atoms with Gasteiger partial charge in [-0.25, -0.2) is 0 Å². The third-order valence-corrected chi connectivity index (χ3v) is 4.28. The molecule has 1 aliphatic heterocycles. The number of aliphatic hydroxyl groups excluding tert-OH is 1. The van der Waals surface area contributed by atoms with E-state index in [0.717, 1.165) is 24.4 Å². The summed E-state index contributed by atoms with van der Waals surface area (Å²) in [6.45, 7) is 7.84. The van der Waals surface area contributed by atoms with E-state index in [1.165, 1.54) is 11.3 Å². The minimum atomic E-state index is 0.143. The van der Waals surface area contributed by atoms with E-state index >= 15 is 0 Å². The maximum Gasteiger partial charge on any atom is 0.0476 e. The SMILES string of the molecule is Cc1cc(Cl)ccc1N1CC(CO)CCC1(C)C. The van der Waals surface area contributed by atoms with E-state index < -0.39 is 0 Å². The minimum Gasteiger partial charge on any atom is -0.396 e. The molecule has 1 heterocycles. The molecule has 100 valence electrons. The van der Waals surface area contributed by atoms with E-state index in [4.69, 9.17) is 11.6 Å². The highest BCUT2D eigenvalue weighted by Crippen LogP contribution is 2.36. The predicted octanol–water partition coefficient (Wildman–Crippen LogP) is 3.64. The average Bonchev–Trinajstić information content (AvgIpc) is 2.30. The van der Waals surface area contributed by atoms with Crippen LogP contribution in [0.25, 0.3) is 0 Å². The Morgan fingerprint density at radius 2 is 2.17 bits per heavy atom. The van der Waals surface area contributed by atoms with Crippen molar-refractivity contribution in [2.45, 2.75) is 39.2 Å². The van der Waals surface area contributed by atoms with Crippen LogP contribution in [0.15, 0.2) is 18.2 Å². The van der Waals surface area contributed by atoms with Crippen LogP contribution in [-0.4, -0.2) is 23.8 Å². The Balaban J connectivity index is 2.33. The molecular weight excluding hydrogens is 246 g/mol. The maximum atomic E-state index is 9.39. The van der Waals surface area contributed by atoms with Crippen LogP contribution in [-0.2, 0) is 0 Å². The molecule has 2 nitrogen and oxygen atoms in total. The van der Waals surface area contributed by atoms with Crippen LogP contribution in [0.3, 0.4) is 0 Å². The van der Waals surface area contributed by atoms with Gasteiger partial charge in [0.25, 0.3) is 0 Å². The molecule has 1 fully saturated rings. The Hall–Kier alpha value is -0.730. The fourth-order valence-corrected chi connectivity index (χ4v) is 3.01. The molecule has 0 aliphatic carbocycles. The van der Waals surface area contributed by atoms with Crippen molar-refractivity contribution < 1.29 is 5.11 Å². The molecule has 1 aromatic rings. The van der Waals surface area contributed by atoms with Crippen LogP contribution in [0.5, 0.6) is 0 Å². The van der Waals surface area contributed by atoms with E-state index in [1.807, 2.05) is 12.1 Å². The minimum absolute atomic E-state index is 0.143. The van der Waals surface area contributed by atoms with E-state index in [9.17, 15) is 5.11 Å². The van der Waals surface area contributed by atoms with Gasteiger partial charge in [-0.15, -0.1) is 0 Å². The molecule has 0 amide bonds. The third kappa shape index (κ3) is 2.65. The van der Waals surface area contributed by atoms with Crippen LogP contribution in [0.4, 0.5) is 5.69 Å². The summed E-state index contributed by atoms with van der Waals surface area (Å²) < 4.78 is 0. The van der Waals surface area contributed by atoms with Crippen molar-refractivity contribution in [2.24, 2.45) is 5.92 Å². The molecular formula is C15H22ClNO. The summed E-state index contributed by atoms with van der Waals surface area (Å²) in [5, 5.41) is 10.2. The molecule has 2 rings (SSSR count). The molecule has 1 atom stereocenters. The average molecular weight is 268 g/mol. The van der Waals surface area contributed by atoms with Gasteiger partial charge in [0.2, 0.25) is 0 Å². The number of halogens is 1. The second-order valence-corrected chi connectivity index (χ2v) is 6.38. The molecule has 1 saturated heterocycles. The smallest absolute Gasteiger partial charge is 0.0476 e. The Morgan fingerprint density at radius 3 is 2.78 bits per heavy atom. The molecule has 18 heavy (non-hydrogen) atoms. The maximum absolute atomic E-state index is 9.39. The number of piperidine rings is 1. The quantitative estimate of drug-likeness (QED) is 0.884. The second-order valence-electron chi connectivity index (χ2n) is 5.94. The summed E-state index contributed by atoms with van der Waals surface area (Å²) in [6, 6.07) is 6.05. The zero-order valence-corrected chi connectivity index (χ0v) is 12.2. The van der Waals surface area contributed by atoms with Crippen molar-refractivity contribution in [3.05, 3.63) is 28.8 Å². The van der Waals surface area contributed by atoms with Crippen LogP contribution >= 0.6 is 11.6 Å². The van der Waals surface area contributed by atoms with Crippen molar-refractivity contribution in [1.82, 2.24) is 0 Å². The molecule has 1 aromatic carbocycles. The van der Waals surface area contributed by atoms with Crippen molar-refractivity contribution in [1.29, 1.82) is 0 Å². The number of hydrogen-bond donors (Lipinski definition) is 1. The summed E-state index contributed by atoms with van der Waals surface area (Å²) in [4.78, 5) is 2.42. The van der Waals surface area contributed by atoms with Gasteiger partial charge in [-0.2, -0.15) is 0 Å². The highest BCUT2D eigenvalue weighted by atomic mass is 35.5. The van der Waals surface area contributed by atoms with Gasteiger partial charge in [0.15, 0.2) is 0 Å². The predicted molar refractivity (Wildman–Crippen MR) is 77.4 cm³/mol. The van der Waals surface area contributed by atoms with Gasteiger partial charge >= 0.3 is 0 Å². The van der Waals surface area contributed by atoms with Gasteiger partial charge in [0, 0.05) is 29.4 Å². The van der Waals surface area contributed by atoms with Crippen LogP contribution < -0.4 is 4.90 Å². The van der Waals surface area contributed by atoms with E-state index in [0.29, 0.717) is 5.92 Å². The van der Waals surface area contributed by atoms with Crippen LogP contribution in [0, 0.1) is 12.8 Å². The lowest BCUT2D eigenvalue weighted by molar-refractivity contribution is 0.181. The number of rotatable bonds is 2. The zero-order chi connectivity index (χ0) is 13.3. The van der Waals surface area contributed by atoms with Crippen LogP contribution in [0.2, 0.25) is 5.02 Å². The monoisotopic (exact) mass is 267 g/mol. The fourth-order valence-electron chi connectivity index (χ4n) is 2.78. The Kier molecular flexibility index (Phi) is 3.88. The topological polar surface area (TPSA) is 23.5 Å². The molecule has 1 N–H and O–H groups in total. The number of aryl methyl sites for hydroxylation is 1. The Morgan fingerprint density at radius 1 is 1.44 bits per heavy atom. The lowest BCUT2D eigenvalue weighted by Crippen LogP contribution is -2.51. The van der Waals surface area contributed by atoms with E-state index in [2.05, 4.69) is 31.7 Å². The lowest BCUT2D eigenvalue weighted by Gasteiger charge is -2.47. The lowest BCUT2D eigenvalue weighted by atomic mass is 9.84. The van der Waals surface area contributed by atoms with Crippen LogP contribution in [0.1, 0.15) is 32.3 Å². The van der Waals surface area contributed by atoms with Gasteiger partial charge in [-0.1, -0.05) is 11.6 Å². The number of nitrogens with zero attached hydrogens (tertiary/aromatic N) is 1. The molecule has 3 heteroatoms. The number of benzene rings is 1. The van der Waals surface area contributed by atoms with E-state index in [-0.39, 0.29) is 12.1 Å². The fraction of sp³-hybridized carbons (Fsp3) is 0.600. The molecule has 1 unspecified atom stereocenters. The van der Waals surface area contributed by atoms with Gasteiger partial charge in [0.05, 0.1) is 0 Å². The summed E-state index contributed by atoms with van der Waals surface area (Å²) >= 11 is 6.02. The number of aliphatic hydroxyl groups is 1. The summed E-state index contributed by atoms with van der Waals surface area (Å²) in [5.41, 5.74) is 2.58. The normalized spacial score (nSPS) is 23.2. The summed E-state index contributed by atoms with van der Waals surface area (Å²) in [5.74, 6) is 0.383.